The number of thiazole rings is 1. The predicted octanol–water partition coefficient (Wildman–Crippen LogP) is 3.47. The smallest absolute Gasteiger partial charge is 0.261 e. The largest absolute Gasteiger partial charge is 0.496 e. The van der Waals surface area contributed by atoms with E-state index in [9.17, 15) is 13.2 Å². The van der Waals surface area contributed by atoms with Crippen LogP contribution in [0.2, 0.25) is 0 Å². The van der Waals surface area contributed by atoms with Crippen LogP contribution in [0.15, 0.2) is 52.0 Å². The summed E-state index contributed by atoms with van der Waals surface area (Å²) in [5.41, 5.74) is 0.857. The number of fused-ring (bicyclic) bond motifs is 1. The van der Waals surface area contributed by atoms with Gasteiger partial charge in [-0.2, -0.15) is 4.39 Å². The molecule has 0 bridgehead atoms. The number of sulfonamides is 1. The van der Waals surface area contributed by atoms with Crippen molar-refractivity contribution in [3.05, 3.63) is 75.8 Å². The minimum absolute atomic E-state index is 0.0392. The molecule has 1 atom stereocenters. The molecule has 0 saturated carbocycles. The Morgan fingerprint density at radius 2 is 2.03 bits per heavy atom. The van der Waals surface area contributed by atoms with Gasteiger partial charge < -0.3 is 18.6 Å². The van der Waals surface area contributed by atoms with E-state index < -0.39 is 33.4 Å². The Bertz CT molecular complexity index is 1610. The first-order valence-electron chi connectivity index (χ1n) is 12.4. The molecular weight excluding hydrogens is 549 g/mol. The summed E-state index contributed by atoms with van der Waals surface area (Å²) >= 11 is 1.03. The average Bonchev–Trinajstić information content (AvgIpc) is 3.57. The highest BCUT2D eigenvalue weighted by atomic mass is 32.2. The quantitative estimate of drug-likeness (QED) is 0.303. The maximum absolute atomic E-state index is 15.7. The second-order valence-corrected chi connectivity index (χ2v) is 11.9. The van der Waals surface area contributed by atoms with Crippen LogP contribution in [-0.4, -0.2) is 50.0 Å². The number of benzene rings is 1. The summed E-state index contributed by atoms with van der Waals surface area (Å²) in [6.45, 7) is 1.17. The fourth-order valence-electron chi connectivity index (χ4n) is 4.70. The van der Waals surface area contributed by atoms with Gasteiger partial charge in [-0.15, -0.1) is 11.3 Å². The van der Waals surface area contributed by atoms with E-state index in [0.29, 0.717) is 29.4 Å². The van der Waals surface area contributed by atoms with Gasteiger partial charge in [0.15, 0.2) is 0 Å². The van der Waals surface area contributed by atoms with Crippen molar-refractivity contribution in [3.8, 4) is 16.5 Å². The van der Waals surface area contributed by atoms with E-state index >= 15 is 4.39 Å². The first-order chi connectivity index (χ1) is 18.7. The molecule has 0 unspecified atom stereocenters. The van der Waals surface area contributed by atoms with Crippen molar-refractivity contribution < 1.29 is 31.4 Å². The summed E-state index contributed by atoms with van der Waals surface area (Å²) in [5, 5.41) is 5.20. The van der Waals surface area contributed by atoms with Gasteiger partial charge in [0.05, 0.1) is 31.3 Å². The number of pyridine rings is 1. The van der Waals surface area contributed by atoms with Gasteiger partial charge in [0, 0.05) is 30.8 Å². The van der Waals surface area contributed by atoms with Gasteiger partial charge in [0.25, 0.3) is 5.56 Å². The number of para-hydroxylation sites is 1. The Hall–Kier alpha value is -3.10. The molecule has 0 spiro atoms. The molecule has 0 aliphatic carbocycles. The Morgan fingerprint density at radius 3 is 2.72 bits per heavy atom. The first kappa shape index (κ1) is 27.5. The first-order valence-corrected chi connectivity index (χ1v) is 14.9. The number of aromatic nitrogens is 2. The second kappa shape index (κ2) is 11.6. The molecule has 13 heteroatoms. The molecule has 0 radical (unpaired) electrons. The summed E-state index contributed by atoms with van der Waals surface area (Å²) in [6.07, 6.45) is 3.66. The lowest BCUT2D eigenvalue weighted by molar-refractivity contribution is -0.0699. The molecule has 208 valence electrons. The molecule has 0 amide bonds. The molecule has 2 N–H and O–H groups in total. The molecule has 1 fully saturated rings. The van der Waals surface area contributed by atoms with Crippen LogP contribution in [0.1, 0.15) is 35.6 Å². The third-order valence-electron chi connectivity index (χ3n) is 6.59. The molecule has 39 heavy (non-hydrogen) atoms. The Labute approximate surface area is 228 Å². The summed E-state index contributed by atoms with van der Waals surface area (Å²) in [6, 6.07) is 9.10. The van der Waals surface area contributed by atoms with Crippen molar-refractivity contribution in [2.24, 2.45) is 5.14 Å². The van der Waals surface area contributed by atoms with Gasteiger partial charge >= 0.3 is 0 Å². The van der Waals surface area contributed by atoms with Gasteiger partial charge in [-0.05, 0) is 37.0 Å². The van der Waals surface area contributed by atoms with E-state index in [2.05, 4.69) is 4.98 Å². The third kappa shape index (κ3) is 6.07. The normalized spacial score (nSPS) is 15.6. The molecule has 4 heterocycles. The lowest BCUT2D eigenvalue weighted by atomic mass is 9.99. The van der Waals surface area contributed by atoms with Crippen molar-refractivity contribution in [2.75, 3.05) is 26.1 Å². The Balaban J connectivity index is 1.64. The number of aryl methyl sites for hydroxylation is 1. The lowest BCUT2D eigenvalue weighted by Crippen LogP contribution is -2.27. The fourth-order valence-corrected chi connectivity index (χ4v) is 6.29. The number of hydrogen-bond acceptors (Lipinski definition) is 9. The molecule has 3 aromatic heterocycles. The van der Waals surface area contributed by atoms with E-state index in [1.807, 2.05) is 24.3 Å². The van der Waals surface area contributed by atoms with Gasteiger partial charge in [-0.25, -0.2) is 22.9 Å². The number of oxazole rings is 1. The van der Waals surface area contributed by atoms with Crippen LogP contribution in [0.5, 0.6) is 5.75 Å². The van der Waals surface area contributed by atoms with Gasteiger partial charge in [0.1, 0.15) is 21.7 Å². The number of primary sulfonamides is 1. The minimum Gasteiger partial charge on any atom is -0.496 e. The number of nitrogens with two attached hydrogens (primary N) is 1. The molecular formula is C26H28FN3O7S2. The highest BCUT2D eigenvalue weighted by Crippen LogP contribution is 2.37. The Kier molecular flexibility index (Phi) is 8.14. The van der Waals surface area contributed by atoms with Crippen molar-refractivity contribution in [2.45, 2.75) is 37.9 Å². The molecule has 1 saturated heterocycles. The zero-order valence-electron chi connectivity index (χ0n) is 21.2. The van der Waals surface area contributed by atoms with Crippen molar-refractivity contribution in [3.63, 3.8) is 0 Å². The van der Waals surface area contributed by atoms with E-state index in [4.69, 9.17) is 23.8 Å². The highest BCUT2D eigenvalue weighted by molar-refractivity contribution is 7.89. The SMILES string of the molecule is COc1ccccc1[C@H](Cc1cc(CCS(N)(=O)=O)c(=O)n2c(F)c(-c3ncco3)sc12)OC1CCOCC1. The number of hydrogen-bond donors (Lipinski definition) is 1. The summed E-state index contributed by atoms with van der Waals surface area (Å²) in [7, 11) is -2.28. The Morgan fingerprint density at radius 1 is 1.26 bits per heavy atom. The number of nitrogens with zero attached hydrogens (tertiary/aromatic N) is 2. The standard InChI is InChI=1S/C26H28FN3O7S2/c1-34-20-5-3-2-4-19(20)21(37-18-6-10-35-11-7-18)15-17-14-16(8-13-39(28,32)33)25(31)30-23(27)22(38-26(17)30)24-29-9-12-36-24/h2-5,9,12,14,18,21H,6-8,10-11,13,15H2,1H3,(H2,28,32,33)/t21-/m0/s1. The lowest BCUT2D eigenvalue weighted by Gasteiger charge is -2.29. The topological polar surface area (TPSA) is 135 Å². The summed E-state index contributed by atoms with van der Waals surface area (Å²) in [5.74, 6) is -0.621. The zero-order valence-corrected chi connectivity index (χ0v) is 22.8. The van der Waals surface area contributed by atoms with Crippen molar-refractivity contribution in [1.82, 2.24) is 9.38 Å². The summed E-state index contributed by atoms with van der Waals surface area (Å²) < 4.78 is 63.0. The van der Waals surface area contributed by atoms with Crippen LogP contribution in [-0.2, 0) is 32.3 Å². The minimum atomic E-state index is -3.86. The molecule has 1 aliphatic heterocycles. The maximum Gasteiger partial charge on any atom is 0.261 e. The summed E-state index contributed by atoms with van der Waals surface area (Å²) in [4.78, 5) is 17.8. The number of ether oxygens (including phenoxy) is 3. The van der Waals surface area contributed by atoms with Gasteiger partial charge in [-0.1, -0.05) is 18.2 Å². The van der Waals surface area contributed by atoms with E-state index in [1.54, 1.807) is 13.2 Å². The fraction of sp³-hybridized carbons (Fsp3) is 0.385. The number of rotatable bonds is 10. The molecule has 1 aromatic carbocycles. The van der Waals surface area contributed by atoms with Crippen molar-refractivity contribution in [1.29, 1.82) is 0 Å². The van der Waals surface area contributed by atoms with Crippen LogP contribution in [0.4, 0.5) is 4.39 Å². The zero-order chi connectivity index (χ0) is 27.6. The van der Waals surface area contributed by atoms with Crippen molar-refractivity contribution >= 4 is 26.2 Å². The van der Waals surface area contributed by atoms with E-state index in [1.165, 1.54) is 12.5 Å². The van der Waals surface area contributed by atoms with Gasteiger partial charge in [-0.3, -0.25) is 4.79 Å². The van der Waals surface area contributed by atoms with Crippen LogP contribution in [0.3, 0.4) is 0 Å². The predicted molar refractivity (Wildman–Crippen MR) is 143 cm³/mol. The number of halogens is 1. The van der Waals surface area contributed by atoms with E-state index in [-0.39, 0.29) is 35.3 Å². The van der Waals surface area contributed by atoms with Crippen LogP contribution in [0, 0.1) is 5.95 Å². The van der Waals surface area contributed by atoms with E-state index in [0.717, 1.165) is 34.1 Å². The third-order valence-corrected chi connectivity index (χ3v) is 8.54. The molecule has 1 aliphatic rings. The highest BCUT2D eigenvalue weighted by Gasteiger charge is 2.28. The van der Waals surface area contributed by atoms with Gasteiger partial charge in [0.2, 0.25) is 21.9 Å². The second-order valence-electron chi connectivity index (χ2n) is 9.20. The van der Waals surface area contributed by atoms with Crippen LogP contribution in [0.25, 0.3) is 15.6 Å². The molecule has 5 rings (SSSR count). The average molecular weight is 578 g/mol. The number of methoxy groups -OCH3 is 1. The monoisotopic (exact) mass is 577 g/mol. The van der Waals surface area contributed by atoms with Crippen LogP contribution < -0.4 is 15.4 Å². The maximum atomic E-state index is 15.7. The van der Waals surface area contributed by atoms with Crippen LogP contribution >= 0.6 is 11.3 Å². The molecule has 10 nitrogen and oxygen atoms in total. The molecule has 4 aromatic rings.